The highest BCUT2D eigenvalue weighted by atomic mass is 16.6. The number of amides is 2. The number of carbonyl (C=O) groups is 2. The number of nitrogens with one attached hydrogen (secondary N) is 1. The molecule has 0 bridgehead atoms. The number of carbonyl (C=O) groups excluding carboxylic acids is 2. The van der Waals surface area contributed by atoms with Crippen LogP contribution in [-0.2, 0) is 9.53 Å². The van der Waals surface area contributed by atoms with E-state index >= 15 is 0 Å². The average molecular weight is 348 g/mol. The van der Waals surface area contributed by atoms with Crippen LogP contribution in [0.4, 0.5) is 4.79 Å². The zero-order chi connectivity index (χ0) is 18.6. The van der Waals surface area contributed by atoms with E-state index in [-0.39, 0.29) is 17.9 Å². The molecule has 1 saturated heterocycles. The highest BCUT2D eigenvalue weighted by molar-refractivity contribution is 5.91. The molecule has 6 nitrogen and oxygen atoms in total. The number of aryl methyl sites for hydroxylation is 1. The standard InChI is InChI=1S/C19H28N2O4/c1-13-12-21(17(22)9-8-15-7-6-14(2)24-15)11-10-16(13)20-18(23)25-19(3,4)5/h6-9,13,16H,10-12H2,1-5H3,(H,20,23)/b9-8+. The van der Waals surface area contributed by atoms with Crippen molar-refractivity contribution in [2.45, 2.75) is 52.7 Å². The molecule has 2 rings (SSSR count). The summed E-state index contributed by atoms with van der Waals surface area (Å²) in [4.78, 5) is 26.0. The third-order valence-electron chi connectivity index (χ3n) is 4.07. The molecule has 1 aromatic heterocycles. The summed E-state index contributed by atoms with van der Waals surface area (Å²) in [5.41, 5.74) is -0.515. The third-order valence-corrected chi connectivity index (χ3v) is 4.07. The Balaban J connectivity index is 1.85. The molecule has 1 fully saturated rings. The number of hydrogen-bond donors (Lipinski definition) is 1. The summed E-state index contributed by atoms with van der Waals surface area (Å²) in [6.07, 6.45) is 3.52. The van der Waals surface area contributed by atoms with Crippen molar-refractivity contribution in [3.8, 4) is 0 Å². The van der Waals surface area contributed by atoms with Gasteiger partial charge >= 0.3 is 6.09 Å². The monoisotopic (exact) mass is 348 g/mol. The average Bonchev–Trinajstić information content (AvgIpc) is 2.90. The topological polar surface area (TPSA) is 71.8 Å². The first-order chi connectivity index (χ1) is 11.6. The number of rotatable bonds is 3. The predicted molar refractivity (Wildman–Crippen MR) is 96.0 cm³/mol. The fraction of sp³-hybridized carbons (Fsp3) is 0.579. The molecule has 1 N–H and O–H groups in total. The van der Waals surface area contributed by atoms with Crippen LogP contribution in [0.15, 0.2) is 22.6 Å². The Kier molecular flexibility index (Phi) is 5.93. The van der Waals surface area contributed by atoms with Gasteiger partial charge in [-0.25, -0.2) is 4.79 Å². The quantitative estimate of drug-likeness (QED) is 0.850. The second kappa shape index (κ2) is 7.76. The maximum atomic E-state index is 12.3. The summed E-state index contributed by atoms with van der Waals surface area (Å²) in [7, 11) is 0. The Morgan fingerprint density at radius 1 is 1.36 bits per heavy atom. The van der Waals surface area contributed by atoms with Crippen LogP contribution in [-0.4, -0.2) is 41.6 Å². The van der Waals surface area contributed by atoms with Gasteiger partial charge in [-0.3, -0.25) is 4.79 Å². The molecule has 2 heterocycles. The van der Waals surface area contributed by atoms with Crippen molar-refractivity contribution in [3.05, 3.63) is 29.7 Å². The zero-order valence-electron chi connectivity index (χ0n) is 15.7. The molecule has 2 unspecified atom stereocenters. The SMILES string of the molecule is Cc1ccc(/C=C/C(=O)N2CCC(NC(=O)OC(C)(C)C)C(C)C2)o1. The van der Waals surface area contributed by atoms with E-state index < -0.39 is 11.7 Å². The maximum absolute atomic E-state index is 12.3. The summed E-state index contributed by atoms with van der Waals surface area (Å²) in [5, 5.41) is 2.91. The number of ether oxygens (including phenoxy) is 1. The lowest BCUT2D eigenvalue weighted by atomic mass is 9.94. The number of likely N-dealkylation sites (tertiary alicyclic amines) is 1. The molecule has 0 spiro atoms. The molecule has 2 atom stereocenters. The van der Waals surface area contributed by atoms with Gasteiger partial charge in [0, 0.05) is 25.2 Å². The first-order valence-corrected chi connectivity index (χ1v) is 8.67. The molecule has 0 aromatic carbocycles. The molecular formula is C19H28N2O4. The predicted octanol–water partition coefficient (Wildman–Crippen LogP) is 3.36. The van der Waals surface area contributed by atoms with E-state index in [9.17, 15) is 9.59 Å². The Hall–Kier alpha value is -2.24. The highest BCUT2D eigenvalue weighted by Gasteiger charge is 2.30. The van der Waals surface area contributed by atoms with E-state index in [0.717, 1.165) is 5.76 Å². The fourth-order valence-corrected chi connectivity index (χ4v) is 2.82. The smallest absolute Gasteiger partial charge is 0.407 e. The largest absolute Gasteiger partial charge is 0.462 e. The number of furan rings is 1. The highest BCUT2D eigenvalue weighted by Crippen LogP contribution is 2.18. The number of hydrogen-bond acceptors (Lipinski definition) is 4. The fourth-order valence-electron chi connectivity index (χ4n) is 2.82. The van der Waals surface area contributed by atoms with E-state index in [1.807, 2.05) is 46.8 Å². The minimum Gasteiger partial charge on any atom is -0.462 e. The van der Waals surface area contributed by atoms with Crippen LogP contribution >= 0.6 is 0 Å². The number of alkyl carbamates (subject to hydrolysis) is 1. The van der Waals surface area contributed by atoms with Gasteiger partial charge in [0.1, 0.15) is 17.1 Å². The lowest BCUT2D eigenvalue weighted by Crippen LogP contribution is -2.52. The van der Waals surface area contributed by atoms with Gasteiger partial charge in [-0.1, -0.05) is 6.92 Å². The van der Waals surface area contributed by atoms with Gasteiger partial charge < -0.3 is 19.4 Å². The van der Waals surface area contributed by atoms with Crippen molar-refractivity contribution < 1.29 is 18.7 Å². The minimum atomic E-state index is -0.515. The summed E-state index contributed by atoms with van der Waals surface area (Å²) in [6, 6.07) is 3.70. The van der Waals surface area contributed by atoms with Gasteiger partial charge in [0.25, 0.3) is 0 Å². The van der Waals surface area contributed by atoms with Gasteiger partial charge in [0.15, 0.2) is 0 Å². The van der Waals surface area contributed by atoms with Crippen LogP contribution in [0.2, 0.25) is 0 Å². The zero-order valence-corrected chi connectivity index (χ0v) is 15.7. The molecule has 6 heteroatoms. The van der Waals surface area contributed by atoms with Crippen LogP contribution in [0.25, 0.3) is 6.08 Å². The Morgan fingerprint density at radius 3 is 2.64 bits per heavy atom. The second-order valence-corrected chi connectivity index (χ2v) is 7.58. The maximum Gasteiger partial charge on any atom is 0.407 e. The van der Waals surface area contributed by atoms with Gasteiger partial charge in [0.2, 0.25) is 5.91 Å². The summed E-state index contributed by atoms with van der Waals surface area (Å²) >= 11 is 0. The van der Waals surface area contributed by atoms with Gasteiger partial charge in [-0.2, -0.15) is 0 Å². The molecular weight excluding hydrogens is 320 g/mol. The van der Waals surface area contributed by atoms with Gasteiger partial charge in [-0.05, 0) is 58.2 Å². The van der Waals surface area contributed by atoms with Crippen molar-refractivity contribution in [2.75, 3.05) is 13.1 Å². The first-order valence-electron chi connectivity index (χ1n) is 8.67. The van der Waals surface area contributed by atoms with E-state index in [2.05, 4.69) is 5.32 Å². The molecule has 138 valence electrons. The first kappa shape index (κ1) is 19.1. The van der Waals surface area contributed by atoms with E-state index in [1.54, 1.807) is 11.0 Å². The van der Waals surface area contributed by atoms with Crippen LogP contribution in [0.5, 0.6) is 0 Å². The molecule has 1 aromatic rings. The van der Waals surface area contributed by atoms with Gasteiger partial charge in [-0.15, -0.1) is 0 Å². The summed E-state index contributed by atoms with van der Waals surface area (Å²) in [5.74, 6) is 1.59. The number of piperidine rings is 1. The van der Waals surface area contributed by atoms with Crippen LogP contribution in [0.3, 0.4) is 0 Å². The van der Waals surface area contributed by atoms with Crippen LogP contribution in [0, 0.1) is 12.8 Å². The molecule has 0 aliphatic carbocycles. The van der Waals surface area contributed by atoms with E-state index in [1.165, 1.54) is 6.08 Å². The second-order valence-electron chi connectivity index (χ2n) is 7.58. The van der Waals surface area contributed by atoms with Crippen molar-refractivity contribution in [3.63, 3.8) is 0 Å². The molecule has 25 heavy (non-hydrogen) atoms. The third kappa shape index (κ3) is 5.96. The Labute approximate surface area is 149 Å². The molecule has 1 aliphatic rings. The normalized spacial score (nSPS) is 21.4. The van der Waals surface area contributed by atoms with Crippen molar-refractivity contribution in [2.24, 2.45) is 5.92 Å². The Morgan fingerprint density at radius 2 is 2.08 bits per heavy atom. The van der Waals surface area contributed by atoms with E-state index in [4.69, 9.17) is 9.15 Å². The lowest BCUT2D eigenvalue weighted by molar-refractivity contribution is -0.127. The Bertz CT molecular complexity index is 642. The summed E-state index contributed by atoms with van der Waals surface area (Å²) < 4.78 is 10.7. The van der Waals surface area contributed by atoms with E-state index in [0.29, 0.717) is 25.3 Å². The van der Waals surface area contributed by atoms with Crippen molar-refractivity contribution >= 4 is 18.1 Å². The lowest BCUT2D eigenvalue weighted by Gasteiger charge is -2.37. The minimum absolute atomic E-state index is 0.00982. The number of nitrogens with zero attached hydrogens (tertiary/aromatic N) is 1. The molecule has 2 amide bonds. The van der Waals surface area contributed by atoms with Gasteiger partial charge in [0.05, 0.1) is 0 Å². The molecule has 0 saturated carbocycles. The van der Waals surface area contributed by atoms with Crippen LogP contribution in [0.1, 0.15) is 45.6 Å². The van der Waals surface area contributed by atoms with Crippen molar-refractivity contribution in [1.29, 1.82) is 0 Å². The van der Waals surface area contributed by atoms with Crippen molar-refractivity contribution in [1.82, 2.24) is 10.2 Å². The summed E-state index contributed by atoms with van der Waals surface area (Å²) in [6.45, 7) is 10.6. The molecule has 1 aliphatic heterocycles. The molecule has 0 radical (unpaired) electrons. The van der Waals surface area contributed by atoms with Crippen LogP contribution < -0.4 is 5.32 Å².